The summed E-state index contributed by atoms with van der Waals surface area (Å²) in [5.41, 5.74) is 0.141. The molecule has 0 radical (unpaired) electrons. The molecule has 140 valence electrons. The van der Waals surface area contributed by atoms with Crippen molar-refractivity contribution in [1.29, 1.82) is 0 Å². The van der Waals surface area contributed by atoms with Crippen LogP contribution in [-0.2, 0) is 14.8 Å². The van der Waals surface area contributed by atoms with Gasteiger partial charge in [-0.15, -0.1) is 11.3 Å². The molecule has 1 unspecified atom stereocenters. The van der Waals surface area contributed by atoms with Crippen molar-refractivity contribution >= 4 is 33.0 Å². The molecule has 0 saturated carbocycles. The fourth-order valence-electron chi connectivity index (χ4n) is 2.87. The van der Waals surface area contributed by atoms with Crippen LogP contribution in [-0.4, -0.2) is 31.7 Å². The van der Waals surface area contributed by atoms with Gasteiger partial charge in [0.1, 0.15) is 4.21 Å². The van der Waals surface area contributed by atoms with Crippen molar-refractivity contribution in [3.63, 3.8) is 0 Å². The lowest BCUT2D eigenvalue weighted by molar-refractivity contribution is -0.120. The fraction of sp³-hybridized carbons (Fsp3) is 0.353. The van der Waals surface area contributed by atoms with Gasteiger partial charge in [0.25, 0.3) is 10.0 Å². The molecule has 1 aromatic carbocycles. The summed E-state index contributed by atoms with van der Waals surface area (Å²) >= 11 is 1.20. The molecule has 0 spiro atoms. The minimum atomic E-state index is -3.63. The number of carbonyl (C=O) groups excluding carboxylic acids is 1. The van der Waals surface area contributed by atoms with Gasteiger partial charge in [-0.3, -0.25) is 4.79 Å². The molecule has 0 bridgehead atoms. The maximum Gasteiger partial charge on any atom is 0.252 e. The van der Waals surface area contributed by atoms with E-state index < -0.39 is 33.5 Å². The number of thiophene rings is 1. The zero-order chi connectivity index (χ0) is 18.9. The molecule has 1 aliphatic rings. The van der Waals surface area contributed by atoms with Gasteiger partial charge >= 0.3 is 0 Å². The van der Waals surface area contributed by atoms with Crippen LogP contribution in [0.1, 0.15) is 17.7 Å². The molecule has 1 aliphatic heterocycles. The Morgan fingerprint density at radius 1 is 1.23 bits per heavy atom. The third-order valence-electron chi connectivity index (χ3n) is 4.25. The monoisotopic (exact) mass is 400 g/mol. The Morgan fingerprint density at radius 3 is 2.65 bits per heavy atom. The van der Waals surface area contributed by atoms with Gasteiger partial charge in [0, 0.05) is 29.7 Å². The predicted molar refractivity (Wildman–Crippen MR) is 95.5 cm³/mol. The van der Waals surface area contributed by atoms with Gasteiger partial charge in [-0.25, -0.2) is 17.2 Å². The molecule has 1 N–H and O–H groups in total. The summed E-state index contributed by atoms with van der Waals surface area (Å²) < 4.78 is 53.3. The number of sulfonamides is 1. The highest BCUT2D eigenvalue weighted by atomic mass is 32.2. The second-order valence-corrected chi connectivity index (χ2v) is 9.64. The first-order chi connectivity index (χ1) is 12.3. The third kappa shape index (κ3) is 3.94. The number of rotatable bonds is 4. The summed E-state index contributed by atoms with van der Waals surface area (Å²) in [4.78, 5) is 13.3. The number of carbonyl (C=O) groups is 1. The highest BCUT2D eigenvalue weighted by Crippen LogP contribution is 2.28. The van der Waals surface area contributed by atoms with Crippen LogP contribution in [0.2, 0.25) is 0 Å². The molecule has 0 aliphatic carbocycles. The quantitative estimate of drug-likeness (QED) is 0.856. The van der Waals surface area contributed by atoms with E-state index in [0.717, 1.165) is 17.0 Å². The summed E-state index contributed by atoms with van der Waals surface area (Å²) in [6.45, 7) is 2.25. The van der Waals surface area contributed by atoms with Crippen LogP contribution in [0, 0.1) is 24.5 Å². The summed E-state index contributed by atoms with van der Waals surface area (Å²) in [5.74, 6) is -3.00. The largest absolute Gasteiger partial charge is 0.326 e. The van der Waals surface area contributed by atoms with Crippen molar-refractivity contribution in [2.45, 2.75) is 24.0 Å². The zero-order valence-corrected chi connectivity index (χ0v) is 15.7. The van der Waals surface area contributed by atoms with Gasteiger partial charge in [-0.05, 0) is 44.0 Å². The van der Waals surface area contributed by atoms with Crippen molar-refractivity contribution in [2.75, 3.05) is 18.4 Å². The highest BCUT2D eigenvalue weighted by molar-refractivity contribution is 7.91. The Bertz CT molecular complexity index is 928. The molecular formula is C17H18F2N2O3S2. The Balaban J connectivity index is 1.71. The van der Waals surface area contributed by atoms with Crippen LogP contribution in [0.25, 0.3) is 0 Å². The van der Waals surface area contributed by atoms with Crippen molar-refractivity contribution < 1.29 is 22.0 Å². The number of halogens is 2. The second-order valence-electron chi connectivity index (χ2n) is 6.19. The number of hydrogen-bond acceptors (Lipinski definition) is 4. The first-order valence-corrected chi connectivity index (χ1v) is 10.4. The summed E-state index contributed by atoms with van der Waals surface area (Å²) in [6, 6.07) is 6.41. The van der Waals surface area contributed by atoms with E-state index in [0.29, 0.717) is 19.4 Å². The number of nitrogens with zero attached hydrogens (tertiary/aromatic N) is 1. The number of anilines is 1. The lowest BCUT2D eigenvalue weighted by Gasteiger charge is -2.30. The number of hydrogen-bond donors (Lipinski definition) is 1. The van der Waals surface area contributed by atoms with Gasteiger partial charge in [-0.2, -0.15) is 4.31 Å². The molecule has 1 aromatic heterocycles. The van der Waals surface area contributed by atoms with E-state index in [4.69, 9.17) is 0 Å². The topological polar surface area (TPSA) is 66.5 Å². The Morgan fingerprint density at radius 2 is 2.00 bits per heavy atom. The molecule has 3 rings (SSSR count). The van der Waals surface area contributed by atoms with Crippen molar-refractivity contribution in [3.05, 3.63) is 46.8 Å². The predicted octanol–water partition coefficient (Wildman–Crippen LogP) is 3.37. The number of piperidine rings is 1. The van der Waals surface area contributed by atoms with E-state index in [-0.39, 0.29) is 16.4 Å². The molecular weight excluding hydrogens is 382 g/mol. The minimum Gasteiger partial charge on any atom is -0.326 e. The van der Waals surface area contributed by atoms with Gasteiger partial charge in [-0.1, -0.05) is 0 Å². The van der Waals surface area contributed by atoms with Crippen LogP contribution in [0.4, 0.5) is 14.5 Å². The van der Waals surface area contributed by atoms with Gasteiger partial charge in [0.15, 0.2) is 11.6 Å². The molecule has 1 fully saturated rings. The molecule has 1 amide bonds. The number of nitrogens with one attached hydrogen (secondary N) is 1. The number of benzene rings is 1. The van der Waals surface area contributed by atoms with Crippen molar-refractivity contribution in [3.8, 4) is 0 Å². The second kappa shape index (κ2) is 7.42. The van der Waals surface area contributed by atoms with Crippen molar-refractivity contribution in [1.82, 2.24) is 4.31 Å². The zero-order valence-electron chi connectivity index (χ0n) is 14.0. The Labute approximate surface area is 154 Å². The Hall–Kier alpha value is -1.84. The maximum atomic E-state index is 13.3. The van der Waals surface area contributed by atoms with Crippen LogP contribution in [0.5, 0.6) is 0 Å². The van der Waals surface area contributed by atoms with E-state index in [9.17, 15) is 22.0 Å². The van der Waals surface area contributed by atoms with Crippen molar-refractivity contribution in [2.24, 2.45) is 5.92 Å². The number of amides is 1. The smallest absolute Gasteiger partial charge is 0.252 e. The van der Waals surface area contributed by atoms with Gasteiger partial charge in [0.05, 0.1) is 5.92 Å². The minimum absolute atomic E-state index is 0.0643. The van der Waals surface area contributed by atoms with E-state index >= 15 is 0 Å². The molecule has 1 atom stereocenters. The van der Waals surface area contributed by atoms with Crippen LogP contribution >= 0.6 is 11.3 Å². The molecule has 9 heteroatoms. The molecule has 2 heterocycles. The highest BCUT2D eigenvalue weighted by Gasteiger charge is 2.34. The lowest BCUT2D eigenvalue weighted by atomic mass is 9.98. The van der Waals surface area contributed by atoms with E-state index in [1.54, 1.807) is 12.1 Å². The molecule has 1 saturated heterocycles. The first kappa shape index (κ1) is 18.9. The van der Waals surface area contributed by atoms with Crippen LogP contribution in [0.3, 0.4) is 0 Å². The van der Waals surface area contributed by atoms with E-state index in [1.807, 2.05) is 6.92 Å². The first-order valence-electron chi connectivity index (χ1n) is 8.10. The molecule has 2 aromatic rings. The number of aryl methyl sites for hydroxylation is 1. The van der Waals surface area contributed by atoms with E-state index in [1.165, 1.54) is 21.7 Å². The SMILES string of the molecule is Cc1ccc(S(=O)(=O)N2CCCC(C(=O)Nc3ccc(F)c(F)c3)C2)s1. The summed E-state index contributed by atoms with van der Waals surface area (Å²) in [6.07, 6.45) is 1.09. The van der Waals surface area contributed by atoms with Gasteiger partial charge < -0.3 is 5.32 Å². The third-order valence-corrected chi connectivity index (χ3v) is 7.59. The van der Waals surface area contributed by atoms with Crippen LogP contribution in [0.15, 0.2) is 34.5 Å². The van der Waals surface area contributed by atoms with E-state index in [2.05, 4.69) is 5.32 Å². The van der Waals surface area contributed by atoms with Crippen LogP contribution < -0.4 is 5.32 Å². The Kier molecular flexibility index (Phi) is 5.40. The lowest BCUT2D eigenvalue weighted by Crippen LogP contribution is -2.43. The average Bonchev–Trinajstić information content (AvgIpc) is 3.05. The standard InChI is InChI=1S/C17H18F2N2O3S2/c1-11-4-7-16(25-11)26(23,24)21-8-2-3-12(10-21)17(22)20-13-5-6-14(18)15(19)9-13/h4-7,9,12H,2-3,8,10H2,1H3,(H,20,22). The average molecular weight is 400 g/mol. The summed E-state index contributed by atoms with van der Waals surface area (Å²) in [7, 11) is -3.63. The summed E-state index contributed by atoms with van der Waals surface area (Å²) in [5, 5.41) is 2.53. The molecule has 26 heavy (non-hydrogen) atoms. The van der Waals surface area contributed by atoms with Gasteiger partial charge in [0.2, 0.25) is 5.91 Å². The fourth-order valence-corrected chi connectivity index (χ4v) is 5.83. The maximum absolute atomic E-state index is 13.3. The normalized spacial score (nSPS) is 18.7. The molecule has 5 nitrogen and oxygen atoms in total.